The smallest absolute Gasteiger partial charge is 0.234 e. The molecule has 3 rings (SSSR count). The van der Waals surface area contributed by atoms with E-state index in [-0.39, 0.29) is 18.4 Å². The number of halogens is 2. The lowest BCUT2D eigenvalue weighted by Gasteiger charge is -2.33. The highest BCUT2D eigenvalue weighted by atomic mass is 19.1. The standard InChI is InChI=1S/C14H14F2N2O2/c15-10-6-8(18-4-1-5-18)7-11(16)13(10)9-2-3-12(19)17-14(9)20/h6-7,9H,1-5H2,(H,17,19,20)/t9-/m0/s1. The van der Waals surface area contributed by atoms with E-state index in [1.807, 2.05) is 4.90 Å². The molecule has 1 atom stereocenters. The zero-order chi connectivity index (χ0) is 14.3. The fraction of sp³-hybridized carbons (Fsp3) is 0.429. The SMILES string of the molecule is O=C1CC[C@@H](c2c(F)cc(N3CCC3)cc2F)C(=O)N1. The van der Waals surface area contributed by atoms with Crippen molar-refractivity contribution in [2.24, 2.45) is 0 Å². The van der Waals surface area contributed by atoms with Gasteiger partial charge in [-0.3, -0.25) is 14.9 Å². The van der Waals surface area contributed by atoms with E-state index in [2.05, 4.69) is 5.32 Å². The van der Waals surface area contributed by atoms with Gasteiger partial charge in [-0.05, 0) is 25.0 Å². The molecule has 0 spiro atoms. The number of hydrogen-bond acceptors (Lipinski definition) is 3. The summed E-state index contributed by atoms with van der Waals surface area (Å²) in [4.78, 5) is 24.7. The average Bonchev–Trinajstić information content (AvgIpc) is 2.28. The molecular weight excluding hydrogens is 266 g/mol. The molecule has 1 N–H and O–H groups in total. The third-order valence-electron chi connectivity index (χ3n) is 3.87. The maximum absolute atomic E-state index is 14.2. The third kappa shape index (κ3) is 2.15. The minimum atomic E-state index is -0.932. The largest absolute Gasteiger partial charge is 0.371 e. The number of amides is 2. The topological polar surface area (TPSA) is 49.4 Å². The first kappa shape index (κ1) is 13.0. The number of carbonyl (C=O) groups is 2. The third-order valence-corrected chi connectivity index (χ3v) is 3.87. The van der Waals surface area contributed by atoms with Crippen molar-refractivity contribution < 1.29 is 18.4 Å². The molecule has 20 heavy (non-hydrogen) atoms. The van der Waals surface area contributed by atoms with Gasteiger partial charge in [0, 0.05) is 30.8 Å². The molecular formula is C14H14F2N2O2. The molecule has 0 bridgehead atoms. The highest BCUT2D eigenvalue weighted by Crippen LogP contribution is 2.33. The quantitative estimate of drug-likeness (QED) is 0.839. The number of carbonyl (C=O) groups excluding carboxylic acids is 2. The maximum Gasteiger partial charge on any atom is 0.234 e. The molecule has 2 aliphatic rings. The molecule has 0 radical (unpaired) electrons. The summed E-state index contributed by atoms with van der Waals surface area (Å²) >= 11 is 0. The molecule has 0 aliphatic carbocycles. The first-order valence-corrected chi connectivity index (χ1v) is 6.64. The molecule has 2 aliphatic heterocycles. The average molecular weight is 280 g/mol. The highest BCUT2D eigenvalue weighted by molar-refractivity contribution is 6.01. The molecule has 2 amide bonds. The van der Waals surface area contributed by atoms with Crippen LogP contribution < -0.4 is 10.2 Å². The summed E-state index contributed by atoms with van der Waals surface area (Å²) in [5, 5.41) is 2.12. The normalized spacial score (nSPS) is 22.5. The zero-order valence-corrected chi connectivity index (χ0v) is 10.8. The first-order valence-electron chi connectivity index (χ1n) is 6.64. The van der Waals surface area contributed by atoms with Crippen LogP contribution in [0.15, 0.2) is 12.1 Å². The molecule has 2 heterocycles. The van der Waals surface area contributed by atoms with Gasteiger partial charge in [0.05, 0.1) is 5.92 Å². The number of piperidine rings is 1. The number of anilines is 1. The molecule has 1 aromatic rings. The monoisotopic (exact) mass is 280 g/mol. The van der Waals surface area contributed by atoms with Crippen LogP contribution in [-0.4, -0.2) is 24.9 Å². The van der Waals surface area contributed by atoms with E-state index in [0.29, 0.717) is 5.69 Å². The van der Waals surface area contributed by atoms with Crippen LogP contribution in [0.25, 0.3) is 0 Å². The molecule has 2 fully saturated rings. The summed E-state index contributed by atoms with van der Waals surface area (Å²) in [6.45, 7) is 1.58. The summed E-state index contributed by atoms with van der Waals surface area (Å²) in [5.41, 5.74) is 0.265. The fourth-order valence-corrected chi connectivity index (χ4v) is 2.63. The van der Waals surface area contributed by atoms with Gasteiger partial charge in [-0.2, -0.15) is 0 Å². The van der Waals surface area contributed by atoms with E-state index in [1.165, 1.54) is 12.1 Å². The van der Waals surface area contributed by atoms with Gasteiger partial charge in [0.25, 0.3) is 0 Å². The van der Waals surface area contributed by atoms with Crippen LogP contribution in [0.4, 0.5) is 14.5 Å². The summed E-state index contributed by atoms with van der Waals surface area (Å²) in [6.07, 6.45) is 1.25. The number of imide groups is 1. The van der Waals surface area contributed by atoms with Gasteiger partial charge in [0.2, 0.25) is 11.8 Å². The molecule has 4 nitrogen and oxygen atoms in total. The molecule has 2 saturated heterocycles. The van der Waals surface area contributed by atoms with Crippen LogP contribution in [0.5, 0.6) is 0 Å². The maximum atomic E-state index is 14.2. The second-order valence-electron chi connectivity index (χ2n) is 5.17. The van der Waals surface area contributed by atoms with Gasteiger partial charge in [0.1, 0.15) is 11.6 Å². The zero-order valence-electron chi connectivity index (χ0n) is 10.8. The number of nitrogens with zero attached hydrogens (tertiary/aromatic N) is 1. The van der Waals surface area contributed by atoms with E-state index in [4.69, 9.17) is 0 Å². The Hall–Kier alpha value is -1.98. The number of rotatable bonds is 2. The van der Waals surface area contributed by atoms with Crippen molar-refractivity contribution in [3.63, 3.8) is 0 Å². The van der Waals surface area contributed by atoms with Crippen molar-refractivity contribution >= 4 is 17.5 Å². The molecule has 106 valence electrons. The van der Waals surface area contributed by atoms with Gasteiger partial charge in [-0.15, -0.1) is 0 Å². The second-order valence-corrected chi connectivity index (χ2v) is 5.17. The Kier molecular flexibility index (Phi) is 3.16. The first-order chi connectivity index (χ1) is 9.56. The van der Waals surface area contributed by atoms with Crippen LogP contribution in [0, 0.1) is 11.6 Å². The molecule has 0 saturated carbocycles. The lowest BCUT2D eigenvalue weighted by molar-refractivity contribution is -0.134. The molecule has 0 aromatic heterocycles. The summed E-state index contributed by atoms with van der Waals surface area (Å²) < 4.78 is 28.3. The Morgan fingerprint density at radius 3 is 2.30 bits per heavy atom. The van der Waals surface area contributed by atoms with Gasteiger partial charge < -0.3 is 4.90 Å². The number of hydrogen-bond donors (Lipinski definition) is 1. The van der Waals surface area contributed by atoms with E-state index in [9.17, 15) is 18.4 Å². The van der Waals surface area contributed by atoms with E-state index in [0.717, 1.165) is 19.5 Å². The van der Waals surface area contributed by atoms with Gasteiger partial charge in [-0.25, -0.2) is 8.78 Å². The Labute approximate surface area is 114 Å². The summed E-state index contributed by atoms with van der Waals surface area (Å²) in [6, 6.07) is 2.53. The van der Waals surface area contributed by atoms with Crippen LogP contribution in [-0.2, 0) is 9.59 Å². The van der Waals surface area contributed by atoms with E-state index >= 15 is 0 Å². The van der Waals surface area contributed by atoms with Crippen LogP contribution in [0.1, 0.15) is 30.7 Å². The van der Waals surface area contributed by atoms with Crippen molar-refractivity contribution in [3.05, 3.63) is 29.3 Å². The van der Waals surface area contributed by atoms with E-state index < -0.39 is 29.4 Å². The molecule has 0 unspecified atom stereocenters. The van der Waals surface area contributed by atoms with Crippen LogP contribution in [0.3, 0.4) is 0 Å². The highest BCUT2D eigenvalue weighted by Gasteiger charge is 2.33. The number of benzene rings is 1. The predicted molar refractivity (Wildman–Crippen MR) is 68.3 cm³/mol. The van der Waals surface area contributed by atoms with E-state index in [1.54, 1.807) is 0 Å². The second kappa shape index (κ2) is 4.85. The Morgan fingerprint density at radius 2 is 1.80 bits per heavy atom. The Morgan fingerprint density at radius 1 is 1.15 bits per heavy atom. The lowest BCUT2D eigenvalue weighted by atomic mass is 9.89. The van der Waals surface area contributed by atoms with Gasteiger partial charge in [-0.1, -0.05) is 0 Å². The Balaban J connectivity index is 1.93. The minimum absolute atomic E-state index is 0.100. The van der Waals surface area contributed by atoms with Gasteiger partial charge >= 0.3 is 0 Å². The van der Waals surface area contributed by atoms with Gasteiger partial charge in [0.15, 0.2) is 0 Å². The Bertz CT molecular complexity index is 562. The summed E-state index contributed by atoms with van der Waals surface area (Å²) in [5.74, 6) is -3.40. The summed E-state index contributed by atoms with van der Waals surface area (Å²) in [7, 11) is 0. The molecule has 6 heteroatoms. The number of nitrogens with one attached hydrogen (secondary N) is 1. The van der Waals surface area contributed by atoms with Crippen LogP contribution >= 0.6 is 0 Å². The van der Waals surface area contributed by atoms with Crippen molar-refractivity contribution in [1.82, 2.24) is 5.32 Å². The minimum Gasteiger partial charge on any atom is -0.371 e. The predicted octanol–water partition coefficient (Wildman–Crippen LogP) is 1.70. The van der Waals surface area contributed by atoms with Crippen molar-refractivity contribution in [1.29, 1.82) is 0 Å². The fourth-order valence-electron chi connectivity index (χ4n) is 2.63. The van der Waals surface area contributed by atoms with Crippen molar-refractivity contribution in [3.8, 4) is 0 Å². The van der Waals surface area contributed by atoms with Crippen molar-refractivity contribution in [2.75, 3.05) is 18.0 Å². The lowest BCUT2D eigenvalue weighted by Crippen LogP contribution is -2.40. The van der Waals surface area contributed by atoms with Crippen molar-refractivity contribution in [2.45, 2.75) is 25.2 Å². The van der Waals surface area contributed by atoms with Crippen LogP contribution in [0.2, 0.25) is 0 Å². The molecule has 1 aromatic carbocycles.